The lowest BCUT2D eigenvalue weighted by atomic mass is 10.2. The summed E-state index contributed by atoms with van der Waals surface area (Å²) in [6.45, 7) is 1.59. The van der Waals surface area contributed by atoms with Crippen LogP contribution in [0.3, 0.4) is 0 Å². The Morgan fingerprint density at radius 1 is 1.14 bits per heavy atom. The van der Waals surface area contributed by atoms with Crippen LogP contribution < -0.4 is 5.32 Å². The number of amides is 1. The summed E-state index contributed by atoms with van der Waals surface area (Å²) in [5, 5.41) is 12.3. The molecule has 3 aromatic rings. The lowest BCUT2D eigenvalue weighted by Gasteiger charge is -2.17. The quantitative estimate of drug-likeness (QED) is 0.467. The molecule has 0 aliphatic carbocycles. The molecule has 9 heteroatoms. The molecule has 0 fully saturated rings. The molecule has 0 aliphatic heterocycles. The Kier molecular flexibility index (Phi) is 5.79. The van der Waals surface area contributed by atoms with Crippen LogP contribution in [0.25, 0.3) is 0 Å². The summed E-state index contributed by atoms with van der Waals surface area (Å²) < 4.78 is 31.6. The second-order valence-electron chi connectivity index (χ2n) is 6.38. The van der Waals surface area contributed by atoms with Crippen LogP contribution in [0.4, 0.5) is 5.69 Å². The van der Waals surface area contributed by atoms with Gasteiger partial charge in [0.1, 0.15) is 11.0 Å². The number of sulfone groups is 1. The van der Waals surface area contributed by atoms with Crippen molar-refractivity contribution in [1.29, 1.82) is 0 Å². The van der Waals surface area contributed by atoms with Gasteiger partial charge in [-0.1, -0.05) is 23.8 Å². The zero-order valence-electron chi connectivity index (χ0n) is 15.4. The summed E-state index contributed by atoms with van der Waals surface area (Å²) in [7, 11) is -3.86. The average molecular weight is 414 g/mol. The average Bonchev–Trinajstić information content (AvgIpc) is 3.22. The summed E-state index contributed by atoms with van der Waals surface area (Å²) in [5.41, 5.74) is 0.745. The van der Waals surface area contributed by atoms with Gasteiger partial charge in [-0.05, 0) is 37.3 Å². The predicted molar refractivity (Wildman–Crippen MR) is 105 cm³/mol. The topological polar surface area (TPSA) is 120 Å². The highest BCUT2D eigenvalue weighted by Gasteiger charge is 2.32. The van der Waals surface area contributed by atoms with Crippen molar-refractivity contribution in [2.75, 3.05) is 6.54 Å². The van der Waals surface area contributed by atoms with Crippen LogP contribution in [0.1, 0.15) is 26.9 Å². The number of carbonyl (C=O) groups excluding carboxylic acids is 1. The third kappa shape index (κ3) is 4.52. The van der Waals surface area contributed by atoms with Gasteiger partial charge in [-0.3, -0.25) is 14.9 Å². The standard InChI is InChI=1S/C20H18N2O6S/c1-14-7-9-17(10-8-14)29(26,27)19(18-6-3-11-28-18)13-21-20(23)15-4-2-5-16(12-15)22(24)25/h2-12,19H,13H2,1H3,(H,21,23)/t19-/m0/s1. The number of nitrogens with one attached hydrogen (secondary N) is 1. The normalized spacial score (nSPS) is 12.3. The minimum Gasteiger partial charge on any atom is -0.468 e. The third-order valence-electron chi connectivity index (χ3n) is 4.35. The number of nitro groups is 1. The highest BCUT2D eigenvalue weighted by atomic mass is 32.2. The monoisotopic (exact) mass is 414 g/mol. The zero-order chi connectivity index (χ0) is 21.0. The number of furan rings is 1. The number of non-ortho nitro benzene ring substituents is 1. The molecule has 29 heavy (non-hydrogen) atoms. The van der Waals surface area contributed by atoms with Crippen LogP contribution >= 0.6 is 0 Å². The first kappa shape index (κ1) is 20.3. The fourth-order valence-corrected chi connectivity index (χ4v) is 4.36. The first-order chi connectivity index (χ1) is 13.8. The highest BCUT2D eigenvalue weighted by molar-refractivity contribution is 7.91. The molecule has 0 radical (unpaired) electrons. The Morgan fingerprint density at radius 3 is 2.48 bits per heavy atom. The van der Waals surface area contributed by atoms with Gasteiger partial charge in [-0.25, -0.2) is 8.42 Å². The number of hydrogen-bond acceptors (Lipinski definition) is 6. The second-order valence-corrected chi connectivity index (χ2v) is 8.51. The van der Waals surface area contributed by atoms with E-state index in [9.17, 15) is 23.3 Å². The summed E-state index contributed by atoms with van der Waals surface area (Å²) in [4.78, 5) is 22.8. The summed E-state index contributed by atoms with van der Waals surface area (Å²) in [5.74, 6) is -0.436. The van der Waals surface area contributed by atoms with E-state index < -0.39 is 25.9 Å². The molecule has 0 saturated heterocycles. The molecule has 2 aromatic carbocycles. The van der Waals surface area contributed by atoms with Gasteiger partial charge in [-0.2, -0.15) is 0 Å². The van der Waals surface area contributed by atoms with Gasteiger partial charge in [-0.15, -0.1) is 0 Å². The molecule has 1 atom stereocenters. The molecule has 8 nitrogen and oxygen atoms in total. The Hall–Kier alpha value is -3.46. The number of nitro benzene ring substituents is 1. The van der Waals surface area contributed by atoms with E-state index in [1.165, 1.54) is 42.7 Å². The van der Waals surface area contributed by atoms with Gasteiger partial charge in [0, 0.05) is 24.2 Å². The molecule has 0 unspecified atom stereocenters. The van der Waals surface area contributed by atoms with E-state index in [0.29, 0.717) is 0 Å². The Labute approximate surface area is 167 Å². The lowest BCUT2D eigenvalue weighted by molar-refractivity contribution is -0.384. The molecule has 0 saturated carbocycles. The lowest BCUT2D eigenvalue weighted by Crippen LogP contribution is -2.31. The van der Waals surface area contributed by atoms with Gasteiger partial charge in [0.15, 0.2) is 9.84 Å². The maximum Gasteiger partial charge on any atom is 0.270 e. The molecule has 1 amide bonds. The van der Waals surface area contributed by atoms with E-state index in [2.05, 4.69) is 5.32 Å². The van der Waals surface area contributed by atoms with Crippen molar-refractivity contribution in [3.05, 3.63) is 93.9 Å². The molecule has 1 aromatic heterocycles. The molecular weight excluding hydrogens is 396 g/mol. The Bertz CT molecular complexity index is 1120. The first-order valence-corrected chi connectivity index (χ1v) is 10.2. The van der Waals surface area contributed by atoms with Crippen molar-refractivity contribution in [2.45, 2.75) is 17.1 Å². The van der Waals surface area contributed by atoms with E-state index in [-0.39, 0.29) is 28.5 Å². The van der Waals surface area contributed by atoms with E-state index in [0.717, 1.165) is 11.6 Å². The number of nitrogens with zero attached hydrogens (tertiary/aromatic N) is 1. The number of aryl methyl sites for hydroxylation is 1. The van der Waals surface area contributed by atoms with E-state index in [1.54, 1.807) is 18.2 Å². The van der Waals surface area contributed by atoms with Crippen molar-refractivity contribution < 1.29 is 22.6 Å². The number of rotatable bonds is 7. The van der Waals surface area contributed by atoms with Crippen LogP contribution in [-0.2, 0) is 9.84 Å². The molecule has 0 bridgehead atoms. The van der Waals surface area contributed by atoms with E-state index in [4.69, 9.17) is 4.42 Å². The van der Waals surface area contributed by atoms with Gasteiger partial charge in [0.25, 0.3) is 11.6 Å². The minimum absolute atomic E-state index is 0.0603. The fourth-order valence-electron chi connectivity index (χ4n) is 2.78. The Balaban J connectivity index is 1.86. The largest absolute Gasteiger partial charge is 0.468 e. The molecule has 150 valence electrons. The van der Waals surface area contributed by atoms with Crippen molar-refractivity contribution in [2.24, 2.45) is 0 Å². The molecule has 0 aliphatic rings. The molecule has 3 rings (SSSR count). The first-order valence-electron chi connectivity index (χ1n) is 8.65. The minimum atomic E-state index is -3.86. The van der Waals surface area contributed by atoms with Gasteiger partial charge in [0.05, 0.1) is 16.1 Å². The van der Waals surface area contributed by atoms with Crippen LogP contribution in [0.2, 0.25) is 0 Å². The number of hydrogen-bond donors (Lipinski definition) is 1. The van der Waals surface area contributed by atoms with Crippen LogP contribution in [0.5, 0.6) is 0 Å². The molecule has 1 heterocycles. The maximum atomic E-state index is 13.1. The van der Waals surface area contributed by atoms with E-state index >= 15 is 0 Å². The van der Waals surface area contributed by atoms with Crippen molar-refractivity contribution in [1.82, 2.24) is 5.32 Å². The van der Waals surface area contributed by atoms with Crippen LogP contribution in [-0.4, -0.2) is 25.8 Å². The molecular formula is C20H18N2O6S. The maximum absolute atomic E-state index is 13.1. The summed E-state index contributed by atoms with van der Waals surface area (Å²) in [6, 6.07) is 14.7. The predicted octanol–water partition coefficient (Wildman–Crippen LogP) is 3.44. The van der Waals surface area contributed by atoms with Gasteiger partial charge >= 0.3 is 0 Å². The summed E-state index contributed by atoms with van der Waals surface area (Å²) in [6.07, 6.45) is 1.36. The summed E-state index contributed by atoms with van der Waals surface area (Å²) >= 11 is 0. The van der Waals surface area contributed by atoms with E-state index in [1.807, 2.05) is 6.92 Å². The van der Waals surface area contributed by atoms with Gasteiger partial charge in [0.2, 0.25) is 0 Å². The second kappa shape index (κ2) is 8.27. The van der Waals surface area contributed by atoms with Crippen molar-refractivity contribution >= 4 is 21.4 Å². The van der Waals surface area contributed by atoms with Crippen molar-refractivity contribution in [3.63, 3.8) is 0 Å². The molecule has 0 spiro atoms. The highest BCUT2D eigenvalue weighted by Crippen LogP contribution is 2.29. The molecule has 1 N–H and O–H groups in total. The smallest absolute Gasteiger partial charge is 0.270 e. The third-order valence-corrected chi connectivity index (χ3v) is 6.43. The van der Waals surface area contributed by atoms with Gasteiger partial charge < -0.3 is 9.73 Å². The van der Waals surface area contributed by atoms with Crippen LogP contribution in [0.15, 0.2) is 76.2 Å². The van der Waals surface area contributed by atoms with Crippen molar-refractivity contribution in [3.8, 4) is 0 Å². The number of carbonyl (C=O) groups is 1. The number of benzene rings is 2. The SMILES string of the molecule is Cc1ccc(S(=O)(=O)[C@@H](CNC(=O)c2cccc([N+](=O)[O-])c2)c2ccco2)cc1. The Morgan fingerprint density at radius 2 is 1.86 bits per heavy atom. The fraction of sp³-hybridized carbons (Fsp3) is 0.150. The zero-order valence-corrected chi connectivity index (χ0v) is 16.3. The van der Waals surface area contributed by atoms with Crippen LogP contribution in [0, 0.1) is 17.0 Å².